The van der Waals surface area contributed by atoms with Gasteiger partial charge in [0.05, 0.1) is 17.5 Å². The summed E-state index contributed by atoms with van der Waals surface area (Å²) in [5.41, 5.74) is 1.97. The minimum Gasteiger partial charge on any atom is -0.491 e. The van der Waals surface area contributed by atoms with Gasteiger partial charge in [0.1, 0.15) is 12.4 Å². The number of ether oxygens (including phenoxy) is 1. The summed E-state index contributed by atoms with van der Waals surface area (Å²) in [4.78, 5) is 16.8. The Labute approximate surface area is 225 Å². The number of sulfonamides is 1. The molecule has 2 aliphatic rings. The standard InChI is InChI=1S/C26H26Cl2N2O4S2/c1-17-14-20(6-9-23(17)28)34-16-24-22-11-13-35-25(22)10-12-29(24)26(31)15-30(19-4-5-19)36(32,33)21-7-2-18(27)3-8-21/h2-3,6-9,11,13-14,19,24H,4-5,10,12,15-16H2,1H3. The molecule has 5 rings (SSSR count). The van der Waals surface area contributed by atoms with E-state index < -0.39 is 10.0 Å². The van der Waals surface area contributed by atoms with Crippen LogP contribution in [0.4, 0.5) is 0 Å². The SMILES string of the molecule is Cc1cc(OCC2c3ccsc3CCN2C(=O)CN(C2CC2)S(=O)(=O)c2ccc(Cl)cc2)ccc1Cl. The van der Waals surface area contributed by atoms with Gasteiger partial charge in [0, 0.05) is 27.5 Å². The molecule has 1 aromatic heterocycles. The quantitative estimate of drug-likeness (QED) is 0.351. The Morgan fingerprint density at radius 3 is 2.58 bits per heavy atom. The number of halogens is 2. The Kier molecular flexibility index (Phi) is 7.34. The van der Waals surface area contributed by atoms with E-state index in [0.29, 0.717) is 22.3 Å². The molecule has 1 atom stereocenters. The first kappa shape index (κ1) is 25.5. The third-order valence-corrected chi connectivity index (χ3v) is 10.2. The van der Waals surface area contributed by atoms with Crippen molar-refractivity contribution >= 4 is 50.5 Å². The number of rotatable bonds is 8. The third-order valence-electron chi connectivity index (χ3n) is 6.62. The molecule has 6 nitrogen and oxygen atoms in total. The molecule has 36 heavy (non-hydrogen) atoms. The van der Waals surface area contributed by atoms with E-state index in [1.165, 1.54) is 21.3 Å². The molecule has 2 aromatic carbocycles. The first-order valence-electron chi connectivity index (χ1n) is 11.8. The second kappa shape index (κ2) is 10.3. The van der Waals surface area contributed by atoms with Crippen molar-refractivity contribution in [2.24, 2.45) is 0 Å². The largest absolute Gasteiger partial charge is 0.491 e. The van der Waals surface area contributed by atoms with Crippen LogP contribution in [0.2, 0.25) is 10.0 Å². The predicted octanol–water partition coefficient (Wildman–Crippen LogP) is 5.72. The van der Waals surface area contributed by atoms with Crippen LogP contribution in [-0.2, 0) is 21.2 Å². The molecule has 1 aliphatic heterocycles. The van der Waals surface area contributed by atoms with Crippen LogP contribution in [0, 0.1) is 6.92 Å². The van der Waals surface area contributed by atoms with Gasteiger partial charge in [-0.25, -0.2) is 8.42 Å². The lowest BCUT2D eigenvalue weighted by Crippen LogP contribution is -2.48. The Bertz CT molecular complexity index is 1370. The van der Waals surface area contributed by atoms with E-state index in [1.54, 1.807) is 34.4 Å². The van der Waals surface area contributed by atoms with Gasteiger partial charge < -0.3 is 9.64 Å². The van der Waals surface area contributed by atoms with Crippen molar-refractivity contribution in [3.05, 3.63) is 80.0 Å². The molecule has 1 fully saturated rings. The second-order valence-corrected chi connectivity index (χ2v) is 12.8. The van der Waals surface area contributed by atoms with Gasteiger partial charge in [-0.3, -0.25) is 4.79 Å². The van der Waals surface area contributed by atoms with Crippen LogP contribution >= 0.6 is 34.5 Å². The normalized spacial score (nSPS) is 17.8. The number of aryl methyl sites for hydroxylation is 1. The van der Waals surface area contributed by atoms with Crippen molar-refractivity contribution in [2.75, 3.05) is 19.7 Å². The lowest BCUT2D eigenvalue weighted by atomic mass is 10.0. The summed E-state index contributed by atoms with van der Waals surface area (Å²) in [5, 5.41) is 3.15. The maximum absolute atomic E-state index is 13.7. The number of amides is 1. The molecule has 0 saturated heterocycles. The molecule has 190 valence electrons. The summed E-state index contributed by atoms with van der Waals surface area (Å²) >= 11 is 13.8. The number of hydrogen-bond acceptors (Lipinski definition) is 5. The number of carbonyl (C=O) groups excluding carboxylic acids is 1. The molecule has 0 bridgehead atoms. The minimum absolute atomic E-state index is 0.142. The fourth-order valence-corrected chi connectivity index (χ4v) is 7.30. The zero-order valence-electron chi connectivity index (χ0n) is 19.7. The van der Waals surface area contributed by atoms with Gasteiger partial charge in [0.25, 0.3) is 0 Å². The Morgan fingerprint density at radius 2 is 1.89 bits per heavy atom. The molecule has 1 unspecified atom stereocenters. The van der Waals surface area contributed by atoms with Crippen LogP contribution in [0.15, 0.2) is 58.8 Å². The van der Waals surface area contributed by atoms with Gasteiger partial charge in [0.2, 0.25) is 15.9 Å². The fraction of sp³-hybridized carbons (Fsp3) is 0.346. The summed E-state index contributed by atoms with van der Waals surface area (Å²) < 4.78 is 34.3. The van der Waals surface area contributed by atoms with Gasteiger partial charge in [-0.2, -0.15) is 4.31 Å². The van der Waals surface area contributed by atoms with Crippen molar-refractivity contribution in [3.8, 4) is 5.75 Å². The van der Waals surface area contributed by atoms with E-state index >= 15 is 0 Å². The molecule has 1 amide bonds. The lowest BCUT2D eigenvalue weighted by Gasteiger charge is -2.37. The number of carbonyl (C=O) groups is 1. The number of thiophene rings is 1. The summed E-state index contributed by atoms with van der Waals surface area (Å²) in [6, 6.07) is 13.1. The molecule has 0 radical (unpaired) electrons. The minimum atomic E-state index is -3.83. The van der Waals surface area contributed by atoms with Crippen molar-refractivity contribution in [2.45, 2.75) is 43.2 Å². The summed E-state index contributed by atoms with van der Waals surface area (Å²) in [6.07, 6.45) is 2.23. The average molecular weight is 566 g/mol. The van der Waals surface area contributed by atoms with E-state index in [0.717, 1.165) is 30.4 Å². The van der Waals surface area contributed by atoms with Crippen molar-refractivity contribution in [1.29, 1.82) is 0 Å². The molecule has 1 saturated carbocycles. The van der Waals surface area contributed by atoms with E-state index in [-0.39, 0.29) is 36.0 Å². The molecule has 0 N–H and O–H groups in total. The van der Waals surface area contributed by atoms with Crippen molar-refractivity contribution in [1.82, 2.24) is 9.21 Å². The van der Waals surface area contributed by atoms with Gasteiger partial charge >= 0.3 is 0 Å². The van der Waals surface area contributed by atoms with E-state index in [4.69, 9.17) is 27.9 Å². The van der Waals surface area contributed by atoms with Gasteiger partial charge in [-0.15, -0.1) is 11.3 Å². The maximum Gasteiger partial charge on any atom is 0.243 e. The summed E-state index contributed by atoms with van der Waals surface area (Å²) in [5.74, 6) is 0.453. The number of nitrogens with zero attached hydrogens (tertiary/aromatic N) is 2. The zero-order chi connectivity index (χ0) is 25.4. The van der Waals surface area contributed by atoms with Gasteiger partial charge in [-0.05, 0) is 91.2 Å². The van der Waals surface area contributed by atoms with Crippen molar-refractivity contribution < 1.29 is 17.9 Å². The van der Waals surface area contributed by atoms with Crippen LogP contribution in [0.1, 0.15) is 34.9 Å². The molecule has 3 aromatic rings. The fourth-order valence-electron chi connectivity index (χ4n) is 4.50. The Morgan fingerprint density at radius 1 is 1.14 bits per heavy atom. The highest BCUT2D eigenvalue weighted by atomic mass is 35.5. The highest BCUT2D eigenvalue weighted by molar-refractivity contribution is 7.89. The van der Waals surface area contributed by atoms with E-state index in [1.807, 2.05) is 30.5 Å². The van der Waals surface area contributed by atoms with Crippen LogP contribution in [0.5, 0.6) is 5.75 Å². The van der Waals surface area contributed by atoms with E-state index in [2.05, 4.69) is 0 Å². The first-order valence-corrected chi connectivity index (χ1v) is 14.8. The number of benzene rings is 2. The smallest absolute Gasteiger partial charge is 0.243 e. The molecule has 10 heteroatoms. The molecule has 1 aliphatic carbocycles. The van der Waals surface area contributed by atoms with Gasteiger partial charge in [0.15, 0.2) is 0 Å². The maximum atomic E-state index is 13.7. The average Bonchev–Trinajstić information content (AvgIpc) is 3.58. The zero-order valence-corrected chi connectivity index (χ0v) is 22.8. The number of hydrogen-bond donors (Lipinski definition) is 0. The molecule has 0 spiro atoms. The summed E-state index contributed by atoms with van der Waals surface area (Å²) in [7, 11) is -3.83. The van der Waals surface area contributed by atoms with Crippen LogP contribution in [0.3, 0.4) is 0 Å². The topological polar surface area (TPSA) is 66.9 Å². The monoisotopic (exact) mass is 564 g/mol. The van der Waals surface area contributed by atoms with Crippen LogP contribution in [0.25, 0.3) is 0 Å². The lowest BCUT2D eigenvalue weighted by molar-refractivity contribution is -0.135. The van der Waals surface area contributed by atoms with Crippen molar-refractivity contribution in [3.63, 3.8) is 0 Å². The van der Waals surface area contributed by atoms with Gasteiger partial charge in [-0.1, -0.05) is 23.2 Å². The van der Waals surface area contributed by atoms with Crippen LogP contribution in [-0.4, -0.2) is 49.3 Å². The van der Waals surface area contributed by atoms with E-state index in [9.17, 15) is 13.2 Å². The first-order chi connectivity index (χ1) is 17.2. The molecular formula is C26H26Cl2N2O4S2. The molecular weight excluding hydrogens is 539 g/mol. The predicted molar refractivity (Wildman–Crippen MR) is 143 cm³/mol. The van der Waals surface area contributed by atoms with Crippen LogP contribution < -0.4 is 4.74 Å². The summed E-state index contributed by atoms with van der Waals surface area (Å²) in [6.45, 7) is 2.49. The second-order valence-electron chi connectivity index (χ2n) is 9.11. The highest BCUT2D eigenvalue weighted by Crippen LogP contribution is 2.36. The Balaban J connectivity index is 1.37. The highest BCUT2D eigenvalue weighted by Gasteiger charge is 2.41. The Hall–Kier alpha value is -2.10. The molecule has 2 heterocycles. The third kappa shape index (κ3) is 5.29. The number of fused-ring (bicyclic) bond motifs is 1.